The Bertz CT molecular complexity index is 1290. The average Bonchev–Trinajstić information content (AvgIpc) is 3.31. The maximum absolute atomic E-state index is 12.8. The lowest BCUT2D eigenvalue weighted by atomic mass is 10.0. The zero-order valence-electron chi connectivity index (χ0n) is 43.2. The van der Waals surface area contributed by atoms with Gasteiger partial charge in [0, 0.05) is 19.3 Å². The first-order valence-electron chi connectivity index (χ1n) is 27.6. The molecule has 0 fully saturated rings. The Morgan fingerprint density at radius 1 is 0.318 bits per heavy atom. The highest BCUT2D eigenvalue weighted by molar-refractivity contribution is 5.71. The molecule has 0 spiro atoms. The molecule has 0 heterocycles. The minimum absolute atomic E-state index is 0.106. The van der Waals surface area contributed by atoms with Gasteiger partial charge < -0.3 is 14.2 Å². The molecular formula is C60H102O6. The molecule has 6 heteroatoms. The summed E-state index contributed by atoms with van der Waals surface area (Å²) >= 11 is 0. The first-order valence-corrected chi connectivity index (χ1v) is 27.6. The number of hydrogen-bond donors (Lipinski definition) is 0. The third-order valence-electron chi connectivity index (χ3n) is 11.6. The molecular weight excluding hydrogens is 817 g/mol. The summed E-state index contributed by atoms with van der Waals surface area (Å²) in [5.41, 5.74) is 0. The fourth-order valence-corrected chi connectivity index (χ4v) is 7.52. The molecule has 0 aromatic heterocycles. The highest BCUT2D eigenvalue weighted by atomic mass is 16.6. The van der Waals surface area contributed by atoms with Crippen molar-refractivity contribution in [1.82, 2.24) is 0 Å². The van der Waals surface area contributed by atoms with Crippen LogP contribution in [-0.4, -0.2) is 37.2 Å². The fourth-order valence-electron chi connectivity index (χ4n) is 7.52. The maximum Gasteiger partial charge on any atom is 0.306 e. The normalized spacial score (nSPS) is 12.7. The zero-order chi connectivity index (χ0) is 47.9. The molecule has 0 saturated carbocycles. The Morgan fingerprint density at radius 3 is 1.03 bits per heavy atom. The quantitative estimate of drug-likeness (QED) is 0.0262. The monoisotopic (exact) mass is 919 g/mol. The van der Waals surface area contributed by atoms with Gasteiger partial charge in [0.05, 0.1) is 0 Å². The molecule has 6 nitrogen and oxygen atoms in total. The second-order valence-corrected chi connectivity index (χ2v) is 18.1. The van der Waals surface area contributed by atoms with Crippen LogP contribution in [0.15, 0.2) is 85.1 Å². The molecule has 0 saturated heterocycles. The number of ether oxygens (including phenoxy) is 3. The topological polar surface area (TPSA) is 78.9 Å². The van der Waals surface area contributed by atoms with Crippen LogP contribution in [0.1, 0.15) is 258 Å². The standard InChI is InChI=1S/C60H102O6/c1-4-7-10-13-16-19-22-25-28-29-30-31-33-35-38-41-44-47-50-53-59(62)65-56-57(55-64-58(61)52-49-46-43-40-37-34-27-24-21-18-15-12-9-6-3)66-60(63)54-51-48-45-42-39-36-32-26-23-20-17-14-11-8-5-2/h7,10,16,19,25,28,30-31,34-35,37-38,44,47,57H,4-6,8-9,11-15,17-18,20-24,26-27,29,32-33,36,39-43,45-46,48-56H2,1-3H3/b10-7-,19-16-,28-25-,31-30-,37-34-,38-35-,47-44-. The van der Waals surface area contributed by atoms with Gasteiger partial charge >= 0.3 is 17.9 Å². The SMILES string of the molecule is CC/C=C\C/C=C\C/C=C\C/C=C\C/C=C\C/C=C\CCC(=O)OCC(COC(=O)CCCCC/C=C\CCCCCCCCC)OC(=O)CCCCCCCCCCCCCCCCC. The van der Waals surface area contributed by atoms with E-state index in [2.05, 4.69) is 99.8 Å². The minimum Gasteiger partial charge on any atom is -0.462 e. The van der Waals surface area contributed by atoms with Crippen molar-refractivity contribution in [2.75, 3.05) is 13.2 Å². The van der Waals surface area contributed by atoms with Crippen molar-refractivity contribution in [2.45, 2.75) is 264 Å². The fraction of sp³-hybridized carbons (Fsp3) is 0.717. The van der Waals surface area contributed by atoms with E-state index in [0.29, 0.717) is 19.3 Å². The van der Waals surface area contributed by atoms with E-state index in [4.69, 9.17) is 14.2 Å². The van der Waals surface area contributed by atoms with E-state index in [1.54, 1.807) is 0 Å². The molecule has 0 aromatic carbocycles. The van der Waals surface area contributed by atoms with Crippen LogP contribution in [0.2, 0.25) is 0 Å². The predicted octanol–water partition coefficient (Wildman–Crippen LogP) is 18.4. The first-order chi connectivity index (χ1) is 32.5. The zero-order valence-corrected chi connectivity index (χ0v) is 43.2. The summed E-state index contributed by atoms with van der Waals surface area (Å²) in [7, 11) is 0. The van der Waals surface area contributed by atoms with Crippen molar-refractivity contribution in [3.05, 3.63) is 85.1 Å². The lowest BCUT2D eigenvalue weighted by Gasteiger charge is -2.18. The largest absolute Gasteiger partial charge is 0.462 e. The Morgan fingerprint density at radius 2 is 0.621 bits per heavy atom. The van der Waals surface area contributed by atoms with Gasteiger partial charge in [0.1, 0.15) is 13.2 Å². The molecule has 0 N–H and O–H groups in total. The third-order valence-corrected chi connectivity index (χ3v) is 11.6. The van der Waals surface area contributed by atoms with E-state index >= 15 is 0 Å². The summed E-state index contributed by atoms with van der Waals surface area (Å²) in [6, 6.07) is 0. The van der Waals surface area contributed by atoms with Gasteiger partial charge in [-0.3, -0.25) is 14.4 Å². The van der Waals surface area contributed by atoms with Crippen molar-refractivity contribution < 1.29 is 28.6 Å². The summed E-state index contributed by atoms with van der Waals surface area (Å²) in [4.78, 5) is 38.0. The molecule has 0 aliphatic heterocycles. The Kier molecular flexibility index (Phi) is 51.4. The second kappa shape index (κ2) is 54.2. The summed E-state index contributed by atoms with van der Waals surface area (Å²) in [5.74, 6) is -1.00. The molecule has 378 valence electrons. The van der Waals surface area contributed by atoms with Crippen molar-refractivity contribution >= 4 is 17.9 Å². The molecule has 0 aliphatic rings. The van der Waals surface area contributed by atoms with E-state index in [1.807, 2.05) is 6.08 Å². The van der Waals surface area contributed by atoms with Gasteiger partial charge in [0.25, 0.3) is 0 Å². The van der Waals surface area contributed by atoms with Crippen LogP contribution >= 0.6 is 0 Å². The number of unbranched alkanes of at least 4 members (excludes halogenated alkanes) is 24. The molecule has 0 aromatic rings. The number of carbonyl (C=O) groups excluding carboxylic acids is 3. The van der Waals surface area contributed by atoms with Crippen molar-refractivity contribution in [3.8, 4) is 0 Å². The van der Waals surface area contributed by atoms with Gasteiger partial charge in [0.15, 0.2) is 6.10 Å². The second-order valence-electron chi connectivity index (χ2n) is 18.1. The lowest BCUT2D eigenvalue weighted by molar-refractivity contribution is -0.166. The van der Waals surface area contributed by atoms with Crippen LogP contribution in [0, 0.1) is 0 Å². The number of hydrogen-bond acceptors (Lipinski definition) is 6. The van der Waals surface area contributed by atoms with Crippen LogP contribution in [0.5, 0.6) is 0 Å². The Labute approximate surface area is 407 Å². The van der Waals surface area contributed by atoms with Gasteiger partial charge in [-0.25, -0.2) is 0 Å². The summed E-state index contributed by atoms with van der Waals surface area (Å²) in [6.45, 7) is 6.45. The van der Waals surface area contributed by atoms with Crippen LogP contribution in [-0.2, 0) is 28.6 Å². The van der Waals surface area contributed by atoms with Crippen LogP contribution in [0.3, 0.4) is 0 Å². The smallest absolute Gasteiger partial charge is 0.306 e. The van der Waals surface area contributed by atoms with Crippen LogP contribution in [0.4, 0.5) is 0 Å². The van der Waals surface area contributed by atoms with Gasteiger partial charge in [-0.1, -0.05) is 241 Å². The van der Waals surface area contributed by atoms with E-state index in [9.17, 15) is 14.4 Å². The highest BCUT2D eigenvalue weighted by Gasteiger charge is 2.19. The molecule has 1 atom stereocenters. The molecule has 0 radical (unpaired) electrons. The number of esters is 3. The summed E-state index contributed by atoms with van der Waals surface area (Å²) in [6.07, 6.45) is 70.1. The molecule has 66 heavy (non-hydrogen) atoms. The molecule has 0 rings (SSSR count). The molecule has 0 bridgehead atoms. The Hall–Kier alpha value is -3.41. The minimum atomic E-state index is -0.811. The average molecular weight is 919 g/mol. The summed E-state index contributed by atoms with van der Waals surface area (Å²) < 4.78 is 16.8. The third kappa shape index (κ3) is 51.6. The number of carbonyl (C=O) groups is 3. The van der Waals surface area contributed by atoms with Crippen LogP contribution < -0.4 is 0 Å². The summed E-state index contributed by atoms with van der Waals surface area (Å²) in [5, 5.41) is 0. The van der Waals surface area contributed by atoms with Crippen LogP contribution in [0.25, 0.3) is 0 Å². The number of rotatable bonds is 49. The lowest BCUT2D eigenvalue weighted by Crippen LogP contribution is -2.30. The molecule has 0 aliphatic carbocycles. The van der Waals surface area contributed by atoms with Gasteiger partial charge in [-0.2, -0.15) is 0 Å². The van der Waals surface area contributed by atoms with Gasteiger partial charge in [0.2, 0.25) is 0 Å². The predicted molar refractivity (Wildman–Crippen MR) is 284 cm³/mol. The van der Waals surface area contributed by atoms with Gasteiger partial charge in [-0.05, 0) is 83.5 Å². The Balaban J connectivity index is 4.50. The molecule has 0 amide bonds. The first kappa shape index (κ1) is 62.6. The molecule has 1 unspecified atom stereocenters. The maximum atomic E-state index is 12.8. The van der Waals surface area contributed by atoms with E-state index < -0.39 is 6.10 Å². The van der Waals surface area contributed by atoms with E-state index in [-0.39, 0.29) is 37.5 Å². The van der Waals surface area contributed by atoms with E-state index in [1.165, 1.54) is 122 Å². The van der Waals surface area contributed by atoms with Crippen molar-refractivity contribution in [1.29, 1.82) is 0 Å². The van der Waals surface area contributed by atoms with Crippen molar-refractivity contribution in [2.24, 2.45) is 0 Å². The number of allylic oxidation sites excluding steroid dienone is 14. The van der Waals surface area contributed by atoms with Gasteiger partial charge in [-0.15, -0.1) is 0 Å². The van der Waals surface area contributed by atoms with Crippen molar-refractivity contribution in [3.63, 3.8) is 0 Å². The highest BCUT2D eigenvalue weighted by Crippen LogP contribution is 2.15. The van der Waals surface area contributed by atoms with E-state index in [0.717, 1.165) is 89.9 Å².